The highest BCUT2D eigenvalue weighted by molar-refractivity contribution is 5.94. The van der Waals surface area contributed by atoms with Gasteiger partial charge >= 0.3 is 0 Å². The number of likely N-dealkylation sites (tertiary alicyclic amines) is 1. The van der Waals surface area contributed by atoms with Gasteiger partial charge in [0.05, 0.1) is 0 Å². The summed E-state index contributed by atoms with van der Waals surface area (Å²) >= 11 is 0. The quantitative estimate of drug-likeness (QED) is 0.912. The van der Waals surface area contributed by atoms with Crippen molar-refractivity contribution < 1.29 is 4.79 Å². The van der Waals surface area contributed by atoms with Gasteiger partial charge in [0.15, 0.2) is 0 Å². The second-order valence-electron chi connectivity index (χ2n) is 5.57. The maximum atomic E-state index is 12.4. The molecule has 1 N–H and O–H groups in total. The molecule has 1 aromatic rings. The summed E-state index contributed by atoms with van der Waals surface area (Å²) in [5.74, 6) is 0.158. The Morgan fingerprint density at radius 3 is 2.35 bits per heavy atom. The van der Waals surface area contributed by atoms with E-state index in [4.69, 9.17) is 0 Å². The van der Waals surface area contributed by atoms with Gasteiger partial charge in [0.1, 0.15) is 0 Å². The summed E-state index contributed by atoms with van der Waals surface area (Å²) in [4.78, 5) is 16.4. The zero-order chi connectivity index (χ0) is 14.5. The molecule has 0 aromatic heterocycles. The summed E-state index contributed by atoms with van der Waals surface area (Å²) in [5, 5.41) is 3.46. The minimum atomic E-state index is 0.158. The fraction of sp³-hybridized carbons (Fsp3) is 0.562. The summed E-state index contributed by atoms with van der Waals surface area (Å²) in [7, 11) is 4.00. The van der Waals surface area contributed by atoms with E-state index in [0.29, 0.717) is 6.04 Å². The molecule has 1 aliphatic heterocycles. The second-order valence-corrected chi connectivity index (χ2v) is 5.57. The lowest BCUT2D eigenvalue weighted by Crippen LogP contribution is -2.44. The molecular weight excluding hydrogens is 250 g/mol. The van der Waals surface area contributed by atoms with Gasteiger partial charge in [-0.1, -0.05) is 6.92 Å². The number of anilines is 1. The predicted octanol–water partition coefficient (Wildman–Crippen LogP) is 1.97. The highest BCUT2D eigenvalue weighted by Gasteiger charge is 2.22. The molecule has 0 unspecified atom stereocenters. The molecule has 1 aliphatic rings. The number of nitrogens with zero attached hydrogens (tertiary/aromatic N) is 2. The second kappa shape index (κ2) is 6.75. The van der Waals surface area contributed by atoms with E-state index in [2.05, 4.69) is 12.2 Å². The van der Waals surface area contributed by atoms with Gasteiger partial charge in [-0.15, -0.1) is 0 Å². The Morgan fingerprint density at radius 1 is 1.25 bits per heavy atom. The normalized spacial score (nSPS) is 16.2. The summed E-state index contributed by atoms with van der Waals surface area (Å²) in [6.45, 7) is 4.84. The molecular formula is C16H25N3O. The predicted molar refractivity (Wildman–Crippen MR) is 83.4 cm³/mol. The van der Waals surface area contributed by atoms with Crippen LogP contribution >= 0.6 is 0 Å². The van der Waals surface area contributed by atoms with Crippen LogP contribution in [0.4, 0.5) is 5.69 Å². The average Bonchev–Trinajstić information content (AvgIpc) is 2.48. The van der Waals surface area contributed by atoms with Gasteiger partial charge in [-0.3, -0.25) is 4.79 Å². The van der Waals surface area contributed by atoms with Gasteiger partial charge in [-0.25, -0.2) is 0 Å². The molecule has 20 heavy (non-hydrogen) atoms. The van der Waals surface area contributed by atoms with Crippen molar-refractivity contribution in [3.8, 4) is 0 Å². The van der Waals surface area contributed by atoms with Crippen LogP contribution in [0.15, 0.2) is 24.3 Å². The van der Waals surface area contributed by atoms with E-state index >= 15 is 0 Å². The third-order valence-electron chi connectivity index (χ3n) is 3.91. The van der Waals surface area contributed by atoms with Gasteiger partial charge in [0.2, 0.25) is 0 Å². The lowest BCUT2D eigenvalue weighted by atomic mass is 10.0. The van der Waals surface area contributed by atoms with Gasteiger partial charge in [-0.05, 0) is 43.7 Å². The minimum Gasteiger partial charge on any atom is -0.378 e. The molecule has 1 aromatic carbocycles. The first kappa shape index (κ1) is 14.9. The first-order chi connectivity index (χ1) is 9.61. The molecule has 1 heterocycles. The van der Waals surface area contributed by atoms with Crippen molar-refractivity contribution in [3.05, 3.63) is 29.8 Å². The smallest absolute Gasteiger partial charge is 0.253 e. The summed E-state index contributed by atoms with van der Waals surface area (Å²) < 4.78 is 0. The molecule has 110 valence electrons. The number of rotatable bonds is 4. The van der Waals surface area contributed by atoms with E-state index in [9.17, 15) is 4.79 Å². The van der Waals surface area contributed by atoms with Crippen molar-refractivity contribution >= 4 is 11.6 Å². The van der Waals surface area contributed by atoms with Gasteiger partial charge in [0, 0.05) is 44.5 Å². The molecule has 0 spiro atoms. The summed E-state index contributed by atoms with van der Waals surface area (Å²) in [5.41, 5.74) is 1.91. The number of nitrogens with one attached hydrogen (secondary N) is 1. The number of piperidine rings is 1. The van der Waals surface area contributed by atoms with E-state index in [1.165, 1.54) is 0 Å². The molecule has 0 aliphatic carbocycles. The Bertz CT molecular complexity index is 434. The number of amides is 1. The standard InChI is InChI=1S/C16H25N3O/c1-4-17-14-9-11-19(12-10-14)16(20)13-5-7-15(8-6-13)18(2)3/h5-8,14,17H,4,9-12H2,1-3H3. The monoisotopic (exact) mass is 275 g/mol. The van der Waals surface area contributed by atoms with Crippen LogP contribution < -0.4 is 10.2 Å². The Hall–Kier alpha value is -1.55. The Balaban J connectivity index is 1.95. The largest absolute Gasteiger partial charge is 0.378 e. The molecule has 0 atom stereocenters. The Kier molecular flexibility index (Phi) is 5.01. The fourth-order valence-corrected chi connectivity index (χ4v) is 2.66. The van der Waals surface area contributed by atoms with Crippen molar-refractivity contribution in [1.29, 1.82) is 0 Å². The maximum Gasteiger partial charge on any atom is 0.253 e. The van der Waals surface area contributed by atoms with Crippen LogP contribution in [0.1, 0.15) is 30.1 Å². The number of carbonyl (C=O) groups is 1. The third-order valence-corrected chi connectivity index (χ3v) is 3.91. The van der Waals surface area contributed by atoms with E-state index in [-0.39, 0.29) is 5.91 Å². The van der Waals surface area contributed by atoms with Crippen molar-refractivity contribution in [2.75, 3.05) is 38.6 Å². The summed E-state index contributed by atoms with van der Waals surface area (Å²) in [6, 6.07) is 8.42. The van der Waals surface area contributed by atoms with Crippen molar-refractivity contribution in [3.63, 3.8) is 0 Å². The molecule has 4 nitrogen and oxygen atoms in total. The van der Waals surface area contributed by atoms with Crippen molar-refractivity contribution in [1.82, 2.24) is 10.2 Å². The number of benzene rings is 1. The third kappa shape index (κ3) is 3.51. The van der Waals surface area contributed by atoms with Crippen molar-refractivity contribution in [2.45, 2.75) is 25.8 Å². The number of carbonyl (C=O) groups excluding carboxylic acids is 1. The molecule has 1 saturated heterocycles. The molecule has 0 bridgehead atoms. The van der Waals surface area contributed by atoms with Gasteiger partial charge < -0.3 is 15.1 Å². The fourth-order valence-electron chi connectivity index (χ4n) is 2.66. The molecule has 4 heteroatoms. The van der Waals surface area contributed by atoms with Crippen LogP contribution in [0, 0.1) is 0 Å². The van der Waals surface area contributed by atoms with Crippen molar-refractivity contribution in [2.24, 2.45) is 0 Å². The molecule has 2 rings (SSSR count). The van der Waals surface area contributed by atoms with Crippen LogP contribution in [-0.2, 0) is 0 Å². The Morgan fingerprint density at radius 2 is 1.85 bits per heavy atom. The van der Waals surface area contributed by atoms with Gasteiger partial charge in [0.25, 0.3) is 5.91 Å². The summed E-state index contributed by atoms with van der Waals surface area (Å²) in [6.07, 6.45) is 2.10. The maximum absolute atomic E-state index is 12.4. The Labute approximate surface area is 121 Å². The molecule has 1 amide bonds. The highest BCUT2D eigenvalue weighted by atomic mass is 16.2. The van der Waals surface area contributed by atoms with Gasteiger partial charge in [-0.2, -0.15) is 0 Å². The zero-order valence-corrected chi connectivity index (χ0v) is 12.7. The van der Waals surface area contributed by atoms with Crippen LogP contribution in [0.5, 0.6) is 0 Å². The molecule has 0 radical (unpaired) electrons. The lowest BCUT2D eigenvalue weighted by Gasteiger charge is -2.32. The number of hydrogen-bond donors (Lipinski definition) is 1. The van der Waals surface area contributed by atoms with E-state index in [1.54, 1.807) is 0 Å². The number of hydrogen-bond acceptors (Lipinski definition) is 3. The SMILES string of the molecule is CCNC1CCN(C(=O)c2ccc(N(C)C)cc2)CC1. The van der Waals surface area contributed by atoms with Crippen LogP contribution in [0.3, 0.4) is 0 Å². The lowest BCUT2D eigenvalue weighted by molar-refractivity contribution is 0.0706. The van der Waals surface area contributed by atoms with Crippen LogP contribution in [0.25, 0.3) is 0 Å². The minimum absolute atomic E-state index is 0.158. The van der Waals surface area contributed by atoms with Crippen LogP contribution in [-0.4, -0.2) is 50.6 Å². The van der Waals surface area contributed by atoms with Crippen LogP contribution in [0.2, 0.25) is 0 Å². The van der Waals surface area contributed by atoms with E-state index in [1.807, 2.05) is 48.2 Å². The van der Waals surface area contributed by atoms with E-state index in [0.717, 1.165) is 43.7 Å². The zero-order valence-electron chi connectivity index (χ0n) is 12.7. The first-order valence-electron chi connectivity index (χ1n) is 7.42. The van der Waals surface area contributed by atoms with E-state index < -0.39 is 0 Å². The highest BCUT2D eigenvalue weighted by Crippen LogP contribution is 2.17. The topological polar surface area (TPSA) is 35.6 Å². The molecule has 0 saturated carbocycles. The first-order valence-corrected chi connectivity index (χ1v) is 7.42. The molecule has 1 fully saturated rings. The average molecular weight is 275 g/mol.